The van der Waals surface area contributed by atoms with Gasteiger partial charge >= 0.3 is 0 Å². The molecular formula is C19H23N3O3. The highest BCUT2D eigenvalue weighted by atomic mass is 16.5. The quantitative estimate of drug-likeness (QED) is 0.901. The summed E-state index contributed by atoms with van der Waals surface area (Å²) < 4.78 is 5.16. The number of piperazine rings is 1. The molecule has 6 heteroatoms. The summed E-state index contributed by atoms with van der Waals surface area (Å²) >= 11 is 0. The minimum absolute atomic E-state index is 0.0753. The summed E-state index contributed by atoms with van der Waals surface area (Å²) in [5.41, 5.74) is 1.70. The van der Waals surface area contributed by atoms with Crippen molar-refractivity contribution in [1.82, 2.24) is 9.88 Å². The van der Waals surface area contributed by atoms with E-state index in [1.165, 1.54) is 0 Å². The van der Waals surface area contributed by atoms with Crippen molar-refractivity contribution < 1.29 is 14.6 Å². The molecule has 3 rings (SSSR count). The van der Waals surface area contributed by atoms with E-state index in [-0.39, 0.29) is 5.91 Å². The van der Waals surface area contributed by atoms with E-state index in [1.54, 1.807) is 20.1 Å². The van der Waals surface area contributed by atoms with Crippen molar-refractivity contribution in [1.29, 1.82) is 0 Å². The van der Waals surface area contributed by atoms with Gasteiger partial charge in [0.15, 0.2) is 0 Å². The zero-order chi connectivity index (χ0) is 17.8. The van der Waals surface area contributed by atoms with Crippen molar-refractivity contribution in [2.24, 2.45) is 0 Å². The fraction of sp³-hybridized carbons (Fsp3) is 0.368. The number of carbonyl (C=O) groups excluding carboxylic acids is 1. The molecule has 1 aliphatic heterocycles. The highest BCUT2D eigenvalue weighted by molar-refractivity contribution is 5.82. The number of nitrogens with zero attached hydrogens (tertiary/aromatic N) is 3. The monoisotopic (exact) mass is 341 g/mol. The molecule has 0 radical (unpaired) electrons. The van der Waals surface area contributed by atoms with E-state index >= 15 is 0 Å². The summed E-state index contributed by atoms with van der Waals surface area (Å²) in [7, 11) is 1.64. The first-order chi connectivity index (χ1) is 12.1. The highest BCUT2D eigenvalue weighted by Crippen LogP contribution is 2.19. The van der Waals surface area contributed by atoms with Crippen molar-refractivity contribution in [2.45, 2.75) is 19.6 Å². The molecular weight excluding hydrogens is 318 g/mol. The van der Waals surface area contributed by atoms with Crippen LogP contribution in [0.2, 0.25) is 0 Å². The number of pyridine rings is 1. The minimum atomic E-state index is -0.619. The Labute approximate surface area is 147 Å². The number of aliphatic hydroxyl groups is 1. The van der Waals surface area contributed by atoms with Crippen LogP contribution >= 0.6 is 0 Å². The third-order valence-corrected chi connectivity index (χ3v) is 4.36. The maximum atomic E-state index is 12.5. The second-order valence-corrected chi connectivity index (χ2v) is 6.18. The Hall–Kier alpha value is -2.60. The number of anilines is 1. The van der Waals surface area contributed by atoms with Gasteiger partial charge in [0.05, 0.1) is 25.5 Å². The number of ether oxygens (including phenoxy) is 1. The second-order valence-electron chi connectivity index (χ2n) is 6.18. The topological polar surface area (TPSA) is 65.9 Å². The van der Waals surface area contributed by atoms with Gasteiger partial charge in [-0.1, -0.05) is 18.2 Å². The average Bonchev–Trinajstić information content (AvgIpc) is 2.64. The molecule has 1 aromatic heterocycles. The average molecular weight is 341 g/mol. The zero-order valence-electron chi connectivity index (χ0n) is 14.6. The molecule has 25 heavy (non-hydrogen) atoms. The molecule has 2 aromatic rings. The van der Waals surface area contributed by atoms with E-state index < -0.39 is 6.10 Å². The predicted molar refractivity (Wildman–Crippen MR) is 95.5 cm³/mol. The summed E-state index contributed by atoms with van der Waals surface area (Å²) in [6.45, 7) is 3.94. The standard InChI is InChI=1S/C19H23N3O3/c1-14(23)17-4-3-5-18(20-17)21-10-11-22(19(24)13-21)12-15-6-8-16(25-2)9-7-15/h3-9,14,23H,10-13H2,1-2H3. The number of aliphatic hydroxyl groups excluding tert-OH is 1. The Morgan fingerprint density at radius 2 is 1.96 bits per heavy atom. The SMILES string of the molecule is COc1ccc(CN2CCN(c3cccc(C(C)O)n3)CC2=O)cc1. The highest BCUT2D eigenvalue weighted by Gasteiger charge is 2.25. The molecule has 1 aromatic carbocycles. The van der Waals surface area contributed by atoms with Gasteiger partial charge in [-0.05, 0) is 36.8 Å². The van der Waals surface area contributed by atoms with E-state index in [9.17, 15) is 9.90 Å². The Morgan fingerprint density at radius 1 is 1.20 bits per heavy atom. The first-order valence-corrected chi connectivity index (χ1v) is 8.37. The lowest BCUT2D eigenvalue weighted by molar-refractivity contribution is -0.131. The van der Waals surface area contributed by atoms with Gasteiger partial charge < -0.3 is 19.6 Å². The molecule has 1 fully saturated rings. The van der Waals surface area contributed by atoms with Crippen LogP contribution in [0.4, 0.5) is 5.82 Å². The largest absolute Gasteiger partial charge is 0.497 e. The van der Waals surface area contributed by atoms with E-state index in [1.807, 2.05) is 46.2 Å². The molecule has 132 valence electrons. The van der Waals surface area contributed by atoms with Crippen molar-refractivity contribution in [3.8, 4) is 5.75 Å². The first-order valence-electron chi connectivity index (χ1n) is 8.37. The first kappa shape index (κ1) is 17.2. The summed E-state index contributed by atoms with van der Waals surface area (Å²) in [5, 5.41) is 9.68. The second kappa shape index (κ2) is 7.53. The molecule has 0 aliphatic carbocycles. The molecule has 0 spiro atoms. The predicted octanol–water partition coefficient (Wildman–Crippen LogP) is 1.99. The lowest BCUT2D eigenvalue weighted by atomic mass is 10.2. The maximum Gasteiger partial charge on any atom is 0.242 e. The summed E-state index contributed by atoms with van der Waals surface area (Å²) in [5.74, 6) is 1.62. The number of carbonyl (C=O) groups is 1. The molecule has 1 amide bonds. The number of hydrogen-bond acceptors (Lipinski definition) is 5. The van der Waals surface area contributed by atoms with E-state index in [2.05, 4.69) is 4.98 Å². The van der Waals surface area contributed by atoms with E-state index in [4.69, 9.17) is 4.74 Å². The zero-order valence-corrected chi connectivity index (χ0v) is 14.6. The maximum absolute atomic E-state index is 12.5. The summed E-state index contributed by atoms with van der Waals surface area (Å²) in [6, 6.07) is 13.3. The lowest BCUT2D eigenvalue weighted by Gasteiger charge is -2.35. The third-order valence-electron chi connectivity index (χ3n) is 4.36. The van der Waals surface area contributed by atoms with Gasteiger partial charge in [-0.2, -0.15) is 0 Å². The van der Waals surface area contributed by atoms with E-state index in [0.717, 1.165) is 23.7 Å². The Kier molecular flexibility index (Phi) is 5.19. The van der Waals surface area contributed by atoms with Crippen molar-refractivity contribution in [3.05, 3.63) is 53.7 Å². The van der Waals surface area contributed by atoms with Crippen LogP contribution in [-0.2, 0) is 11.3 Å². The Bertz CT molecular complexity index is 731. The van der Waals surface area contributed by atoms with Gasteiger partial charge in [-0.15, -0.1) is 0 Å². The number of amides is 1. The number of hydrogen-bond donors (Lipinski definition) is 1. The Balaban J connectivity index is 1.64. The fourth-order valence-electron chi connectivity index (χ4n) is 2.87. The van der Waals surface area contributed by atoms with Gasteiger partial charge in [0.2, 0.25) is 5.91 Å². The van der Waals surface area contributed by atoms with Crippen LogP contribution in [0.5, 0.6) is 5.75 Å². The van der Waals surface area contributed by atoms with Crippen LogP contribution in [0.15, 0.2) is 42.5 Å². The summed E-state index contributed by atoms with van der Waals surface area (Å²) in [4.78, 5) is 20.8. The van der Waals surface area contributed by atoms with Gasteiger partial charge in [-0.25, -0.2) is 4.98 Å². The number of methoxy groups -OCH3 is 1. The van der Waals surface area contributed by atoms with Crippen LogP contribution in [0, 0.1) is 0 Å². The number of benzene rings is 1. The van der Waals surface area contributed by atoms with Gasteiger partial charge in [0.25, 0.3) is 0 Å². The molecule has 1 unspecified atom stereocenters. The van der Waals surface area contributed by atoms with Gasteiger partial charge in [0, 0.05) is 19.6 Å². The fourth-order valence-corrected chi connectivity index (χ4v) is 2.87. The Morgan fingerprint density at radius 3 is 2.60 bits per heavy atom. The van der Waals surface area contributed by atoms with E-state index in [0.29, 0.717) is 25.3 Å². The van der Waals surface area contributed by atoms with Crippen molar-refractivity contribution in [2.75, 3.05) is 31.6 Å². The van der Waals surface area contributed by atoms with Crippen LogP contribution in [0.1, 0.15) is 24.3 Å². The van der Waals surface area contributed by atoms with Crippen LogP contribution in [0.25, 0.3) is 0 Å². The normalized spacial score (nSPS) is 16.0. The molecule has 1 atom stereocenters. The molecule has 2 heterocycles. The smallest absolute Gasteiger partial charge is 0.242 e. The number of rotatable bonds is 5. The van der Waals surface area contributed by atoms with Crippen LogP contribution in [0.3, 0.4) is 0 Å². The van der Waals surface area contributed by atoms with Crippen molar-refractivity contribution >= 4 is 11.7 Å². The molecule has 6 nitrogen and oxygen atoms in total. The minimum Gasteiger partial charge on any atom is -0.497 e. The molecule has 0 saturated carbocycles. The summed E-state index contributed by atoms with van der Waals surface area (Å²) in [6.07, 6.45) is -0.619. The lowest BCUT2D eigenvalue weighted by Crippen LogP contribution is -2.50. The molecule has 1 N–H and O–H groups in total. The molecule has 1 aliphatic rings. The van der Waals surface area contributed by atoms with Gasteiger partial charge in [0.1, 0.15) is 11.6 Å². The van der Waals surface area contributed by atoms with Crippen LogP contribution < -0.4 is 9.64 Å². The van der Waals surface area contributed by atoms with Gasteiger partial charge in [-0.3, -0.25) is 4.79 Å². The number of aromatic nitrogens is 1. The third kappa shape index (κ3) is 4.09. The molecule has 0 bridgehead atoms. The van der Waals surface area contributed by atoms with Crippen LogP contribution in [-0.4, -0.2) is 47.6 Å². The van der Waals surface area contributed by atoms with Crippen molar-refractivity contribution in [3.63, 3.8) is 0 Å². The molecule has 1 saturated heterocycles.